The van der Waals surface area contributed by atoms with Crippen LogP contribution in [0.1, 0.15) is 34.6 Å². The third kappa shape index (κ3) is 8.24. The molecule has 0 fully saturated rings. The summed E-state index contributed by atoms with van der Waals surface area (Å²) in [6, 6.07) is -0.698. The second-order valence-electron chi connectivity index (χ2n) is 4.74. The highest BCUT2D eigenvalue weighted by molar-refractivity contribution is 5.91. The fourth-order valence-corrected chi connectivity index (χ4v) is 0.930. The molecule has 6 heteroatoms. The lowest BCUT2D eigenvalue weighted by atomic mass is 10.2. The number of ketones is 1. The Bertz CT molecular complexity index is 307. The van der Waals surface area contributed by atoms with Crippen LogP contribution in [0.4, 0.5) is 4.79 Å². The van der Waals surface area contributed by atoms with Gasteiger partial charge in [0, 0.05) is 6.92 Å². The normalized spacial score (nSPS) is 12.5. The zero-order chi connectivity index (χ0) is 13.6. The van der Waals surface area contributed by atoms with E-state index in [9.17, 15) is 14.4 Å². The molecule has 0 aromatic carbocycles. The zero-order valence-electron chi connectivity index (χ0n) is 10.9. The summed E-state index contributed by atoms with van der Waals surface area (Å²) in [6.45, 7) is 7.95. The molecule has 0 rings (SSSR count). The highest BCUT2D eigenvalue weighted by atomic mass is 16.6. The molecule has 0 spiro atoms. The number of Topliss-reactive ketones (excluding diaryl/α,β-unsaturated/α-hetero) is 1. The SMILES string of the molecule is CC(=O)NCC(=O)[C@@H](C)NC(=O)OC(C)(C)C. The molecule has 17 heavy (non-hydrogen) atoms. The molecule has 0 aliphatic heterocycles. The maximum atomic E-state index is 11.5. The standard InChI is InChI=1S/C11H20N2O4/c1-7(9(15)6-12-8(2)14)13-10(16)17-11(3,4)5/h7H,6H2,1-5H3,(H,12,14)(H,13,16)/t7-/m1/s1. The zero-order valence-corrected chi connectivity index (χ0v) is 10.9. The molecule has 0 bridgehead atoms. The molecule has 0 saturated heterocycles. The number of carbonyl (C=O) groups excluding carboxylic acids is 3. The Morgan fingerprint density at radius 3 is 2.18 bits per heavy atom. The van der Waals surface area contributed by atoms with E-state index in [0.717, 1.165) is 0 Å². The predicted octanol–water partition coefficient (Wildman–Crippen LogP) is 0.605. The molecular weight excluding hydrogens is 224 g/mol. The van der Waals surface area contributed by atoms with Crippen molar-refractivity contribution >= 4 is 17.8 Å². The van der Waals surface area contributed by atoms with Crippen molar-refractivity contribution in [3.8, 4) is 0 Å². The largest absolute Gasteiger partial charge is 0.444 e. The quantitative estimate of drug-likeness (QED) is 0.758. The maximum Gasteiger partial charge on any atom is 0.408 e. The van der Waals surface area contributed by atoms with Crippen LogP contribution in [0, 0.1) is 0 Å². The van der Waals surface area contributed by atoms with E-state index in [-0.39, 0.29) is 18.2 Å². The molecule has 2 amide bonds. The second-order valence-corrected chi connectivity index (χ2v) is 4.74. The van der Waals surface area contributed by atoms with E-state index in [4.69, 9.17) is 4.74 Å². The average molecular weight is 244 g/mol. The van der Waals surface area contributed by atoms with E-state index >= 15 is 0 Å². The van der Waals surface area contributed by atoms with Gasteiger partial charge in [-0.3, -0.25) is 9.59 Å². The summed E-state index contributed by atoms with van der Waals surface area (Å²) in [7, 11) is 0. The summed E-state index contributed by atoms with van der Waals surface area (Å²) in [6.07, 6.45) is -0.652. The van der Waals surface area contributed by atoms with E-state index in [1.54, 1.807) is 20.8 Å². The molecular formula is C11H20N2O4. The van der Waals surface area contributed by atoms with E-state index < -0.39 is 17.7 Å². The molecule has 0 aliphatic carbocycles. The van der Waals surface area contributed by atoms with Crippen molar-refractivity contribution in [2.75, 3.05) is 6.54 Å². The third-order valence-electron chi connectivity index (χ3n) is 1.73. The lowest BCUT2D eigenvalue weighted by Crippen LogP contribution is -2.45. The van der Waals surface area contributed by atoms with Gasteiger partial charge in [0.2, 0.25) is 5.91 Å². The fourth-order valence-electron chi connectivity index (χ4n) is 0.930. The highest BCUT2D eigenvalue weighted by Gasteiger charge is 2.20. The molecule has 98 valence electrons. The fraction of sp³-hybridized carbons (Fsp3) is 0.727. The monoisotopic (exact) mass is 244 g/mol. The summed E-state index contributed by atoms with van der Waals surface area (Å²) in [5, 5.41) is 4.77. The number of hydrogen-bond acceptors (Lipinski definition) is 4. The molecule has 2 N–H and O–H groups in total. The van der Waals surface area contributed by atoms with Gasteiger partial charge in [0.1, 0.15) is 5.60 Å². The van der Waals surface area contributed by atoms with Gasteiger partial charge in [0.05, 0.1) is 12.6 Å². The molecule has 0 aromatic rings. The molecule has 0 saturated carbocycles. The van der Waals surface area contributed by atoms with Crippen molar-refractivity contribution in [2.45, 2.75) is 46.3 Å². The first-order valence-electron chi connectivity index (χ1n) is 5.38. The molecule has 0 aliphatic rings. The number of nitrogens with one attached hydrogen (secondary N) is 2. The minimum atomic E-state index is -0.698. The van der Waals surface area contributed by atoms with E-state index in [0.29, 0.717) is 0 Å². The van der Waals surface area contributed by atoms with E-state index in [2.05, 4.69) is 10.6 Å². The Morgan fingerprint density at radius 2 is 1.76 bits per heavy atom. The summed E-state index contributed by atoms with van der Waals surface area (Å²) in [5.41, 5.74) is -0.607. The van der Waals surface area contributed by atoms with Gasteiger partial charge >= 0.3 is 6.09 Å². The first-order chi connectivity index (χ1) is 7.61. The average Bonchev–Trinajstić information content (AvgIpc) is 2.10. The summed E-state index contributed by atoms with van der Waals surface area (Å²) >= 11 is 0. The van der Waals surface area contributed by atoms with Crippen molar-refractivity contribution in [3.05, 3.63) is 0 Å². The van der Waals surface area contributed by atoms with Crippen molar-refractivity contribution in [2.24, 2.45) is 0 Å². The molecule has 1 atom stereocenters. The van der Waals surface area contributed by atoms with Crippen LogP contribution in [0.3, 0.4) is 0 Å². The van der Waals surface area contributed by atoms with Crippen molar-refractivity contribution in [1.29, 1.82) is 0 Å². The Hall–Kier alpha value is -1.59. The van der Waals surface area contributed by atoms with Crippen LogP contribution >= 0.6 is 0 Å². The smallest absolute Gasteiger partial charge is 0.408 e. The van der Waals surface area contributed by atoms with Gasteiger partial charge in [-0.15, -0.1) is 0 Å². The summed E-state index contributed by atoms with van der Waals surface area (Å²) < 4.78 is 4.99. The first kappa shape index (κ1) is 15.4. The minimum Gasteiger partial charge on any atom is -0.444 e. The number of hydrogen-bond donors (Lipinski definition) is 2. The topological polar surface area (TPSA) is 84.5 Å². The second kappa shape index (κ2) is 6.22. The summed E-state index contributed by atoms with van der Waals surface area (Å²) in [4.78, 5) is 33.4. The van der Waals surface area contributed by atoms with Crippen LogP contribution in [0.15, 0.2) is 0 Å². The minimum absolute atomic E-state index is 0.105. The Labute approximate surface area is 101 Å². The number of carbonyl (C=O) groups is 3. The highest BCUT2D eigenvalue weighted by Crippen LogP contribution is 2.06. The molecule has 0 unspecified atom stereocenters. The third-order valence-corrected chi connectivity index (χ3v) is 1.73. The van der Waals surface area contributed by atoms with Gasteiger partial charge in [-0.1, -0.05) is 0 Å². The van der Waals surface area contributed by atoms with Gasteiger partial charge in [-0.05, 0) is 27.7 Å². The lowest BCUT2D eigenvalue weighted by Gasteiger charge is -2.21. The van der Waals surface area contributed by atoms with Crippen LogP contribution in [-0.2, 0) is 14.3 Å². The van der Waals surface area contributed by atoms with Crippen LogP contribution < -0.4 is 10.6 Å². The molecule has 6 nitrogen and oxygen atoms in total. The number of ether oxygens (including phenoxy) is 1. The lowest BCUT2D eigenvalue weighted by molar-refractivity contribution is -0.124. The van der Waals surface area contributed by atoms with Crippen molar-refractivity contribution in [1.82, 2.24) is 10.6 Å². The summed E-state index contributed by atoms with van der Waals surface area (Å²) in [5.74, 6) is -0.575. The van der Waals surface area contributed by atoms with Crippen molar-refractivity contribution in [3.63, 3.8) is 0 Å². The number of amides is 2. The van der Waals surface area contributed by atoms with Crippen molar-refractivity contribution < 1.29 is 19.1 Å². The van der Waals surface area contributed by atoms with Crippen LogP contribution in [0.2, 0.25) is 0 Å². The van der Waals surface area contributed by atoms with Gasteiger partial charge < -0.3 is 15.4 Å². The number of alkyl carbamates (subject to hydrolysis) is 1. The van der Waals surface area contributed by atoms with Gasteiger partial charge in [0.25, 0.3) is 0 Å². The van der Waals surface area contributed by atoms with Gasteiger partial charge in [-0.25, -0.2) is 4.79 Å². The Balaban J connectivity index is 4.08. The maximum absolute atomic E-state index is 11.5. The van der Waals surface area contributed by atoms with Crippen LogP contribution in [0.5, 0.6) is 0 Å². The van der Waals surface area contributed by atoms with Crippen LogP contribution in [-0.4, -0.2) is 36.0 Å². The first-order valence-corrected chi connectivity index (χ1v) is 5.38. The van der Waals surface area contributed by atoms with E-state index in [1.807, 2.05) is 0 Å². The Kier molecular flexibility index (Phi) is 5.64. The predicted molar refractivity (Wildman–Crippen MR) is 62.5 cm³/mol. The number of rotatable bonds is 4. The Morgan fingerprint density at radius 1 is 1.24 bits per heavy atom. The van der Waals surface area contributed by atoms with E-state index in [1.165, 1.54) is 13.8 Å². The molecule has 0 radical (unpaired) electrons. The van der Waals surface area contributed by atoms with Gasteiger partial charge in [0.15, 0.2) is 5.78 Å². The molecule has 0 aromatic heterocycles. The van der Waals surface area contributed by atoms with Gasteiger partial charge in [-0.2, -0.15) is 0 Å². The van der Waals surface area contributed by atoms with Crippen LogP contribution in [0.25, 0.3) is 0 Å². The molecule has 0 heterocycles.